The summed E-state index contributed by atoms with van der Waals surface area (Å²) in [4.78, 5) is 5.39. The molecule has 3 heterocycles. The molecular formula is C14H27N3. The first kappa shape index (κ1) is 11.9. The van der Waals surface area contributed by atoms with Crippen molar-refractivity contribution in [2.45, 2.75) is 44.2 Å². The third-order valence-electron chi connectivity index (χ3n) is 5.22. The average Bonchev–Trinajstić information content (AvgIpc) is 2.90. The summed E-state index contributed by atoms with van der Waals surface area (Å²) in [6.45, 7) is 6.51. The van der Waals surface area contributed by atoms with Crippen LogP contribution in [0.5, 0.6) is 0 Å². The van der Waals surface area contributed by atoms with Crippen molar-refractivity contribution in [1.82, 2.24) is 15.1 Å². The highest BCUT2D eigenvalue weighted by molar-refractivity contribution is 4.95. The summed E-state index contributed by atoms with van der Waals surface area (Å²) >= 11 is 0. The predicted molar refractivity (Wildman–Crippen MR) is 71.2 cm³/mol. The zero-order valence-electron chi connectivity index (χ0n) is 11.2. The quantitative estimate of drug-likeness (QED) is 0.791. The molecule has 2 atom stereocenters. The van der Waals surface area contributed by atoms with Crippen LogP contribution in [-0.2, 0) is 0 Å². The fraction of sp³-hybridized carbons (Fsp3) is 1.00. The molecule has 4 aliphatic rings. The van der Waals surface area contributed by atoms with Crippen molar-refractivity contribution < 1.29 is 0 Å². The molecule has 1 aliphatic carbocycles. The van der Waals surface area contributed by atoms with Crippen LogP contribution in [0.15, 0.2) is 0 Å². The smallest absolute Gasteiger partial charge is 0.0377 e. The number of piperazine rings is 3. The zero-order chi connectivity index (χ0) is 11.7. The molecule has 0 amide bonds. The zero-order valence-corrected chi connectivity index (χ0v) is 11.2. The van der Waals surface area contributed by atoms with Crippen LogP contribution in [-0.4, -0.2) is 61.7 Å². The Bertz CT molecular complexity index is 242. The Balaban J connectivity index is 1.59. The van der Waals surface area contributed by atoms with E-state index in [1.807, 2.05) is 0 Å². The third kappa shape index (κ3) is 2.51. The van der Waals surface area contributed by atoms with Crippen LogP contribution >= 0.6 is 0 Å². The van der Waals surface area contributed by atoms with E-state index < -0.39 is 0 Å². The van der Waals surface area contributed by atoms with Crippen molar-refractivity contribution >= 4 is 0 Å². The fourth-order valence-electron chi connectivity index (χ4n) is 4.11. The van der Waals surface area contributed by atoms with Gasteiger partial charge in [-0.1, -0.05) is 25.7 Å². The molecule has 1 N–H and O–H groups in total. The highest BCUT2D eigenvalue weighted by atomic mass is 15.4. The maximum Gasteiger partial charge on any atom is 0.0377 e. The van der Waals surface area contributed by atoms with E-state index in [4.69, 9.17) is 0 Å². The third-order valence-corrected chi connectivity index (χ3v) is 5.22. The summed E-state index contributed by atoms with van der Waals surface area (Å²) in [6.07, 6.45) is 7.32. The summed E-state index contributed by atoms with van der Waals surface area (Å²) in [5, 5.41) is 3.62. The molecule has 3 heteroatoms. The predicted octanol–water partition coefficient (Wildman–Crippen LogP) is 1.15. The van der Waals surface area contributed by atoms with Crippen molar-refractivity contribution in [1.29, 1.82) is 0 Å². The molecule has 0 aromatic heterocycles. The van der Waals surface area contributed by atoms with Gasteiger partial charge >= 0.3 is 0 Å². The molecule has 98 valence electrons. The van der Waals surface area contributed by atoms with Crippen LogP contribution in [0.25, 0.3) is 0 Å². The van der Waals surface area contributed by atoms with Gasteiger partial charge in [0.15, 0.2) is 0 Å². The first-order valence-electron chi connectivity index (χ1n) is 7.50. The van der Waals surface area contributed by atoms with Crippen LogP contribution < -0.4 is 5.32 Å². The van der Waals surface area contributed by atoms with Gasteiger partial charge in [0, 0.05) is 44.8 Å². The highest BCUT2D eigenvalue weighted by Gasteiger charge is 2.37. The first-order chi connectivity index (χ1) is 8.36. The number of nitrogens with one attached hydrogen (secondary N) is 1. The Hall–Kier alpha value is -0.120. The van der Waals surface area contributed by atoms with Crippen molar-refractivity contribution in [3.63, 3.8) is 0 Å². The van der Waals surface area contributed by atoms with Gasteiger partial charge in [-0.05, 0) is 19.4 Å². The van der Waals surface area contributed by atoms with Gasteiger partial charge in [-0.3, -0.25) is 9.80 Å². The van der Waals surface area contributed by atoms with Crippen molar-refractivity contribution in [2.24, 2.45) is 5.92 Å². The maximum atomic E-state index is 3.62. The van der Waals surface area contributed by atoms with E-state index in [0.29, 0.717) is 0 Å². The van der Waals surface area contributed by atoms with E-state index in [1.54, 1.807) is 0 Å². The topological polar surface area (TPSA) is 18.5 Å². The monoisotopic (exact) mass is 237 g/mol. The second-order valence-electron chi connectivity index (χ2n) is 6.19. The standard InChI is InChI=1S/C14H27N3/c1-15-13(10-12-4-2-3-5-12)14-11-16-6-8-17(14)9-7-16/h12-15H,2-11H2,1H3. The largest absolute Gasteiger partial charge is 0.315 e. The molecule has 0 spiro atoms. The lowest BCUT2D eigenvalue weighted by molar-refractivity contribution is -0.00560. The lowest BCUT2D eigenvalue weighted by Crippen LogP contribution is -2.66. The number of likely N-dealkylation sites (N-methyl/N-ethyl adjacent to an activating group) is 1. The Morgan fingerprint density at radius 2 is 1.82 bits per heavy atom. The molecule has 2 unspecified atom stereocenters. The molecule has 3 nitrogen and oxygen atoms in total. The van der Waals surface area contributed by atoms with Crippen LogP contribution in [0.3, 0.4) is 0 Å². The second-order valence-corrected chi connectivity index (χ2v) is 6.19. The average molecular weight is 237 g/mol. The van der Waals surface area contributed by atoms with E-state index in [2.05, 4.69) is 22.2 Å². The molecule has 4 fully saturated rings. The highest BCUT2D eigenvalue weighted by Crippen LogP contribution is 2.31. The fourth-order valence-corrected chi connectivity index (χ4v) is 4.11. The van der Waals surface area contributed by atoms with Gasteiger partial charge in [0.25, 0.3) is 0 Å². The molecule has 1 saturated carbocycles. The normalized spacial score (nSPS) is 39.7. The summed E-state index contributed by atoms with van der Waals surface area (Å²) in [6, 6.07) is 1.50. The molecule has 0 radical (unpaired) electrons. The van der Waals surface area contributed by atoms with Gasteiger partial charge in [-0.2, -0.15) is 0 Å². The summed E-state index contributed by atoms with van der Waals surface area (Å²) in [7, 11) is 2.17. The van der Waals surface area contributed by atoms with Crippen molar-refractivity contribution in [3.05, 3.63) is 0 Å². The minimum absolute atomic E-state index is 0.723. The van der Waals surface area contributed by atoms with Crippen molar-refractivity contribution in [2.75, 3.05) is 39.8 Å². The number of hydrogen-bond donors (Lipinski definition) is 1. The Kier molecular flexibility index (Phi) is 3.69. The Morgan fingerprint density at radius 1 is 1.12 bits per heavy atom. The molecule has 0 aromatic rings. The van der Waals surface area contributed by atoms with Gasteiger partial charge in [-0.25, -0.2) is 0 Å². The second kappa shape index (κ2) is 5.25. The number of hydrogen-bond acceptors (Lipinski definition) is 3. The van der Waals surface area contributed by atoms with E-state index >= 15 is 0 Å². The van der Waals surface area contributed by atoms with Crippen molar-refractivity contribution in [3.8, 4) is 0 Å². The summed E-state index contributed by atoms with van der Waals surface area (Å²) in [5.41, 5.74) is 0. The number of rotatable bonds is 4. The SMILES string of the molecule is CNC(CC1CCCC1)C1CN2CCN1CC2. The maximum absolute atomic E-state index is 3.62. The van der Waals surface area contributed by atoms with E-state index in [1.165, 1.54) is 64.8 Å². The van der Waals surface area contributed by atoms with E-state index in [0.717, 1.165) is 18.0 Å². The molecule has 4 rings (SSSR count). The lowest BCUT2D eigenvalue weighted by atomic mass is 9.90. The molecule has 17 heavy (non-hydrogen) atoms. The van der Waals surface area contributed by atoms with Gasteiger partial charge in [-0.15, -0.1) is 0 Å². The van der Waals surface area contributed by atoms with Crippen LogP contribution in [0.2, 0.25) is 0 Å². The Labute approximate surface area is 106 Å². The summed E-state index contributed by atoms with van der Waals surface area (Å²) < 4.78 is 0. The summed E-state index contributed by atoms with van der Waals surface area (Å²) in [5.74, 6) is 1.00. The molecule has 2 bridgehead atoms. The van der Waals surface area contributed by atoms with Gasteiger partial charge < -0.3 is 5.32 Å². The first-order valence-corrected chi connectivity index (χ1v) is 7.50. The molecule has 0 aromatic carbocycles. The minimum Gasteiger partial charge on any atom is -0.315 e. The van der Waals surface area contributed by atoms with Gasteiger partial charge in [0.2, 0.25) is 0 Å². The number of fused-ring (bicyclic) bond motifs is 3. The van der Waals surface area contributed by atoms with Crippen LogP contribution in [0.1, 0.15) is 32.1 Å². The molecule has 3 saturated heterocycles. The number of nitrogens with zero attached hydrogens (tertiary/aromatic N) is 2. The van der Waals surface area contributed by atoms with Crippen LogP contribution in [0.4, 0.5) is 0 Å². The lowest BCUT2D eigenvalue weighted by Gasteiger charge is -2.50. The minimum atomic E-state index is 0.723. The Morgan fingerprint density at radius 3 is 2.35 bits per heavy atom. The van der Waals surface area contributed by atoms with E-state index in [9.17, 15) is 0 Å². The van der Waals surface area contributed by atoms with Gasteiger partial charge in [0.05, 0.1) is 0 Å². The molecule has 3 aliphatic heterocycles. The van der Waals surface area contributed by atoms with E-state index in [-0.39, 0.29) is 0 Å². The molecular weight excluding hydrogens is 210 g/mol. The van der Waals surface area contributed by atoms with Crippen LogP contribution in [0, 0.1) is 5.92 Å². The van der Waals surface area contributed by atoms with Gasteiger partial charge in [0.1, 0.15) is 0 Å².